The standard InChI is InChI=1S/C23H25N3O3/c1-29-20-5-3-2-4-19(20)17-10-12-26(13-11-17)22(28)9-6-16-14-18-7-8-21(27)25-23(18)24-15-16/h2-6,9,14-15,17H,7-8,10-13H2,1H3,(H,24,25,27). The van der Waals surface area contributed by atoms with Crippen LogP contribution in [0.4, 0.5) is 5.82 Å². The van der Waals surface area contributed by atoms with Crippen molar-refractivity contribution < 1.29 is 14.3 Å². The number of aromatic nitrogens is 1. The number of carbonyl (C=O) groups excluding carboxylic acids is 2. The summed E-state index contributed by atoms with van der Waals surface area (Å²) in [5.41, 5.74) is 3.11. The zero-order valence-electron chi connectivity index (χ0n) is 16.6. The molecule has 1 saturated heterocycles. The quantitative estimate of drug-likeness (QED) is 0.811. The van der Waals surface area contributed by atoms with Gasteiger partial charge in [0.15, 0.2) is 0 Å². The van der Waals surface area contributed by atoms with Crippen molar-refractivity contribution in [1.82, 2.24) is 9.88 Å². The van der Waals surface area contributed by atoms with Gasteiger partial charge in [0.05, 0.1) is 7.11 Å². The summed E-state index contributed by atoms with van der Waals surface area (Å²) in [6.07, 6.45) is 8.12. The number of hydrogen-bond donors (Lipinski definition) is 1. The van der Waals surface area contributed by atoms with Crippen LogP contribution in [0.15, 0.2) is 42.6 Å². The van der Waals surface area contributed by atoms with Crippen molar-refractivity contribution >= 4 is 23.7 Å². The molecule has 0 bridgehead atoms. The van der Waals surface area contributed by atoms with Gasteiger partial charge in [-0.2, -0.15) is 0 Å². The Hall–Kier alpha value is -3.15. The number of para-hydroxylation sites is 1. The topological polar surface area (TPSA) is 71.5 Å². The third-order valence-electron chi connectivity index (χ3n) is 5.67. The maximum Gasteiger partial charge on any atom is 0.246 e. The van der Waals surface area contributed by atoms with Crippen molar-refractivity contribution in [2.75, 3.05) is 25.5 Å². The lowest BCUT2D eigenvalue weighted by molar-refractivity contribution is -0.127. The number of piperidine rings is 1. The van der Waals surface area contributed by atoms with Gasteiger partial charge in [-0.15, -0.1) is 0 Å². The van der Waals surface area contributed by atoms with E-state index in [0.29, 0.717) is 24.6 Å². The van der Waals surface area contributed by atoms with Crippen molar-refractivity contribution in [3.05, 3.63) is 59.3 Å². The molecule has 6 heteroatoms. The molecule has 2 aliphatic rings. The average molecular weight is 391 g/mol. The minimum atomic E-state index is -0.00000443. The van der Waals surface area contributed by atoms with Crippen LogP contribution in [0, 0.1) is 0 Å². The first kappa shape index (κ1) is 19.2. The molecule has 0 aliphatic carbocycles. The molecule has 2 aliphatic heterocycles. The lowest BCUT2D eigenvalue weighted by Gasteiger charge is -2.32. The summed E-state index contributed by atoms with van der Waals surface area (Å²) >= 11 is 0. The molecule has 0 unspecified atom stereocenters. The molecular formula is C23H25N3O3. The van der Waals surface area contributed by atoms with Crippen molar-refractivity contribution in [2.24, 2.45) is 0 Å². The number of rotatable bonds is 4. The van der Waals surface area contributed by atoms with Crippen molar-refractivity contribution in [1.29, 1.82) is 0 Å². The summed E-state index contributed by atoms with van der Waals surface area (Å²) in [7, 11) is 1.70. The highest BCUT2D eigenvalue weighted by atomic mass is 16.5. The molecule has 0 spiro atoms. The van der Waals surface area contributed by atoms with Gasteiger partial charge in [-0.05, 0) is 60.1 Å². The molecule has 1 fully saturated rings. The van der Waals surface area contributed by atoms with E-state index in [1.807, 2.05) is 29.2 Å². The van der Waals surface area contributed by atoms with Gasteiger partial charge in [-0.1, -0.05) is 18.2 Å². The van der Waals surface area contributed by atoms with E-state index in [0.717, 1.165) is 42.8 Å². The molecule has 1 aromatic carbocycles. The number of methoxy groups -OCH3 is 1. The zero-order chi connectivity index (χ0) is 20.2. The van der Waals surface area contributed by atoms with Gasteiger partial charge in [0.25, 0.3) is 0 Å². The van der Waals surface area contributed by atoms with Gasteiger partial charge in [-0.3, -0.25) is 9.59 Å². The zero-order valence-corrected chi connectivity index (χ0v) is 16.6. The molecule has 4 rings (SSSR count). The minimum Gasteiger partial charge on any atom is -0.496 e. The summed E-state index contributed by atoms with van der Waals surface area (Å²) < 4.78 is 5.49. The van der Waals surface area contributed by atoms with Gasteiger partial charge >= 0.3 is 0 Å². The number of aryl methyl sites for hydroxylation is 1. The first-order valence-electron chi connectivity index (χ1n) is 10.0. The van der Waals surface area contributed by atoms with Crippen LogP contribution in [0.25, 0.3) is 6.08 Å². The maximum atomic E-state index is 12.6. The van der Waals surface area contributed by atoms with E-state index < -0.39 is 0 Å². The number of likely N-dealkylation sites (tertiary alicyclic amines) is 1. The minimum absolute atomic E-state index is 0.00000443. The summed E-state index contributed by atoms with van der Waals surface area (Å²) in [4.78, 5) is 30.2. The maximum absolute atomic E-state index is 12.6. The smallest absolute Gasteiger partial charge is 0.246 e. The number of fused-ring (bicyclic) bond motifs is 1. The third-order valence-corrected chi connectivity index (χ3v) is 5.67. The Bertz CT molecular complexity index is 946. The molecule has 0 saturated carbocycles. The number of carbonyl (C=O) groups is 2. The lowest BCUT2D eigenvalue weighted by Crippen LogP contribution is -2.36. The fraction of sp³-hybridized carbons (Fsp3) is 0.348. The van der Waals surface area contributed by atoms with Crippen LogP contribution in [-0.2, 0) is 16.0 Å². The van der Waals surface area contributed by atoms with Crippen molar-refractivity contribution in [3.63, 3.8) is 0 Å². The molecule has 2 amide bonds. The summed E-state index contributed by atoms with van der Waals surface area (Å²) in [6.45, 7) is 1.47. The van der Waals surface area contributed by atoms with Crippen LogP contribution in [0.5, 0.6) is 5.75 Å². The molecule has 0 atom stereocenters. The number of ether oxygens (including phenoxy) is 1. The van der Waals surface area contributed by atoms with Crippen molar-refractivity contribution in [3.8, 4) is 5.75 Å². The molecule has 0 radical (unpaired) electrons. The van der Waals surface area contributed by atoms with Crippen LogP contribution < -0.4 is 10.1 Å². The van der Waals surface area contributed by atoms with E-state index >= 15 is 0 Å². The molecule has 2 aromatic rings. The Balaban J connectivity index is 1.36. The van der Waals surface area contributed by atoms with E-state index in [1.165, 1.54) is 5.56 Å². The first-order chi connectivity index (χ1) is 14.1. The largest absolute Gasteiger partial charge is 0.496 e. The van der Waals surface area contributed by atoms with Crippen LogP contribution in [-0.4, -0.2) is 41.9 Å². The Kier molecular flexibility index (Phi) is 5.60. The predicted molar refractivity (Wildman–Crippen MR) is 112 cm³/mol. The second-order valence-electron chi connectivity index (χ2n) is 7.50. The summed E-state index contributed by atoms with van der Waals surface area (Å²) in [6, 6.07) is 10.1. The molecule has 150 valence electrons. The van der Waals surface area contributed by atoms with Gasteiger partial charge < -0.3 is 15.0 Å². The van der Waals surface area contributed by atoms with Gasteiger partial charge in [0.1, 0.15) is 11.6 Å². The monoisotopic (exact) mass is 391 g/mol. The van der Waals surface area contributed by atoms with E-state index in [9.17, 15) is 9.59 Å². The molecule has 6 nitrogen and oxygen atoms in total. The second-order valence-corrected chi connectivity index (χ2v) is 7.50. The average Bonchev–Trinajstić information content (AvgIpc) is 2.77. The van der Waals surface area contributed by atoms with Crippen LogP contribution in [0.3, 0.4) is 0 Å². The SMILES string of the molecule is COc1ccccc1C1CCN(C(=O)C=Cc2cnc3c(c2)CCC(=O)N3)CC1. The Morgan fingerprint density at radius 3 is 2.83 bits per heavy atom. The molecule has 1 N–H and O–H groups in total. The van der Waals surface area contributed by atoms with Crippen LogP contribution >= 0.6 is 0 Å². The van der Waals surface area contributed by atoms with Crippen molar-refractivity contribution in [2.45, 2.75) is 31.6 Å². The van der Waals surface area contributed by atoms with Crippen LogP contribution in [0.1, 0.15) is 41.9 Å². The number of pyridine rings is 1. The molecule has 29 heavy (non-hydrogen) atoms. The Morgan fingerprint density at radius 2 is 2.03 bits per heavy atom. The van der Waals surface area contributed by atoms with E-state index in [-0.39, 0.29) is 11.8 Å². The van der Waals surface area contributed by atoms with Gasteiger partial charge in [0.2, 0.25) is 11.8 Å². The van der Waals surface area contributed by atoms with E-state index in [1.54, 1.807) is 25.5 Å². The normalized spacial score (nSPS) is 17.1. The number of nitrogens with zero attached hydrogens (tertiary/aromatic N) is 2. The molecular weight excluding hydrogens is 366 g/mol. The predicted octanol–water partition coefficient (Wildman–Crippen LogP) is 3.39. The highest BCUT2D eigenvalue weighted by molar-refractivity contribution is 5.93. The third kappa shape index (κ3) is 4.31. The number of nitrogens with one attached hydrogen (secondary N) is 1. The fourth-order valence-corrected chi connectivity index (χ4v) is 4.05. The fourth-order valence-electron chi connectivity index (χ4n) is 4.05. The van der Waals surface area contributed by atoms with Gasteiger partial charge in [-0.25, -0.2) is 4.98 Å². The summed E-state index contributed by atoms with van der Waals surface area (Å²) in [5.74, 6) is 1.99. The number of amides is 2. The number of benzene rings is 1. The number of anilines is 1. The molecule has 1 aromatic heterocycles. The van der Waals surface area contributed by atoms with E-state index in [2.05, 4.69) is 16.4 Å². The lowest BCUT2D eigenvalue weighted by atomic mass is 9.89. The summed E-state index contributed by atoms with van der Waals surface area (Å²) in [5, 5.41) is 2.77. The van der Waals surface area contributed by atoms with Gasteiger partial charge in [0, 0.05) is 31.8 Å². The first-order valence-corrected chi connectivity index (χ1v) is 10.0. The van der Waals surface area contributed by atoms with Crippen LogP contribution in [0.2, 0.25) is 0 Å². The Labute approximate surface area is 170 Å². The Morgan fingerprint density at radius 1 is 1.24 bits per heavy atom. The highest BCUT2D eigenvalue weighted by Crippen LogP contribution is 2.34. The second kappa shape index (κ2) is 8.47. The van der Waals surface area contributed by atoms with E-state index in [4.69, 9.17) is 4.74 Å². The number of hydrogen-bond acceptors (Lipinski definition) is 4. The molecule has 3 heterocycles. The highest BCUT2D eigenvalue weighted by Gasteiger charge is 2.24.